The van der Waals surface area contributed by atoms with E-state index >= 15 is 0 Å². The molecule has 0 atom stereocenters. The molecular weight excluding hydrogens is 334 g/mol. The van der Waals surface area contributed by atoms with E-state index in [-0.39, 0.29) is 5.92 Å². The number of carboxylic acids is 1. The highest BCUT2D eigenvalue weighted by Gasteiger charge is 2.25. The highest BCUT2D eigenvalue weighted by atomic mass is 16.5. The molecule has 1 aliphatic rings. The van der Waals surface area contributed by atoms with E-state index in [1.165, 1.54) is 0 Å². The van der Waals surface area contributed by atoms with Gasteiger partial charge in [-0.3, -0.25) is 9.78 Å². The average molecular weight is 351 g/mol. The first-order valence-corrected chi connectivity index (χ1v) is 8.39. The third-order valence-corrected chi connectivity index (χ3v) is 4.53. The van der Waals surface area contributed by atoms with E-state index in [2.05, 4.69) is 25.0 Å². The Kier molecular flexibility index (Phi) is 4.30. The van der Waals surface area contributed by atoms with Crippen LogP contribution in [0.2, 0.25) is 0 Å². The summed E-state index contributed by atoms with van der Waals surface area (Å²) in [6.45, 7) is 1.38. The lowest BCUT2D eigenvalue weighted by Gasteiger charge is -2.30. The summed E-state index contributed by atoms with van der Waals surface area (Å²) in [6, 6.07) is 7.41. The summed E-state index contributed by atoms with van der Waals surface area (Å²) in [4.78, 5) is 26.0. The molecule has 0 aliphatic carbocycles. The molecule has 8 heteroatoms. The van der Waals surface area contributed by atoms with Crippen LogP contribution in [0, 0.1) is 5.92 Å². The normalized spacial score (nSPS) is 15.2. The highest BCUT2D eigenvalue weighted by molar-refractivity contribution is 5.70. The monoisotopic (exact) mass is 351 g/mol. The first-order valence-electron chi connectivity index (χ1n) is 8.39. The van der Waals surface area contributed by atoms with Gasteiger partial charge >= 0.3 is 5.97 Å². The lowest BCUT2D eigenvalue weighted by molar-refractivity contribution is -0.142. The van der Waals surface area contributed by atoms with Crippen LogP contribution in [-0.2, 0) is 4.79 Å². The van der Waals surface area contributed by atoms with E-state index in [1.807, 2.05) is 24.3 Å². The first kappa shape index (κ1) is 16.2. The second-order valence-electron chi connectivity index (χ2n) is 6.16. The van der Waals surface area contributed by atoms with E-state index in [0.717, 1.165) is 16.9 Å². The minimum atomic E-state index is -0.714. The third kappa shape index (κ3) is 3.26. The van der Waals surface area contributed by atoms with Gasteiger partial charge in [0, 0.05) is 37.2 Å². The van der Waals surface area contributed by atoms with Crippen LogP contribution in [-0.4, -0.2) is 44.3 Å². The summed E-state index contributed by atoms with van der Waals surface area (Å²) < 4.78 is 5.33. The summed E-state index contributed by atoms with van der Waals surface area (Å²) in [7, 11) is 0. The molecule has 0 unspecified atom stereocenters. The van der Waals surface area contributed by atoms with Crippen LogP contribution in [0.3, 0.4) is 0 Å². The van der Waals surface area contributed by atoms with Crippen molar-refractivity contribution in [3.63, 3.8) is 0 Å². The van der Waals surface area contributed by atoms with Gasteiger partial charge in [-0.1, -0.05) is 5.16 Å². The van der Waals surface area contributed by atoms with E-state index in [0.29, 0.717) is 37.6 Å². The highest BCUT2D eigenvalue weighted by Crippen LogP contribution is 2.25. The van der Waals surface area contributed by atoms with E-state index in [4.69, 9.17) is 9.63 Å². The molecule has 132 valence electrons. The fourth-order valence-corrected chi connectivity index (χ4v) is 3.01. The van der Waals surface area contributed by atoms with Crippen LogP contribution in [0.25, 0.3) is 22.8 Å². The van der Waals surface area contributed by atoms with Crippen LogP contribution in [0.5, 0.6) is 0 Å². The molecule has 4 rings (SSSR count). The van der Waals surface area contributed by atoms with Crippen molar-refractivity contribution in [2.24, 2.45) is 5.92 Å². The summed E-state index contributed by atoms with van der Waals surface area (Å²) >= 11 is 0. The Balaban J connectivity index is 1.47. The van der Waals surface area contributed by atoms with Crippen molar-refractivity contribution < 1.29 is 14.4 Å². The molecule has 0 radical (unpaired) electrons. The zero-order valence-corrected chi connectivity index (χ0v) is 13.9. The number of piperidine rings is 1. The molecule has 4 heterocycles. The Morgan fingerprint density at radius 2 is 1.88 bits per heavy atom. The number of aliphatic carboxylic acids is 1. The Hall–Kier alpha value is -3.29. The smallest absolute Gasteiger partial charge is 0.306 e. The maximum Gasteiger partial charge on any atom is 0.306 e. The van der Waals surface area contributed by atoms with Gasteiger partial charge in [0.15, 0.2) is 0 Å². The molecule has 0 amide bonds. The van der Waals surface area contributed by atoms with Crippen molar-refractivity contribution in [2.75, 3.05) is 18.0 Å². The van der Waals surface area contributed by atoms with Gasteiger partial charge in [-0.15, -0.1) is 0 Å². The number of hydrogen-bond donors (Lipinski definition) is 1. The number of aromatic nitrogens is 4. The summed E-state index contributed by atoms with van der Waals surface area (Å²) in [6.07, 6.45) is 6.32. The van der Waals surface area contributed by atoms with Crippen LogP contribution in [0.1, 0.15) is 12.8 Å². The second-order valence-corrected chi connectivity index (χ2v) is 6.16. The van der Waals surface area contributed by atoms with Crippen LogP contribution in [0.15, 0.2) is 47.4 Å². The third-order valence-electron chi connectivity index (χ3n) is 4.53. The number of carboxylic acid groups (broad SMARTS) is 1. The quantitative estimate of drug-likeness (QED) is 0.764. The molecule has 0 aromatic carbocycles. The molecule has 3 aromatic rings. The van der Waals surface area contributed by atoms with Crippen molar-refractivity contribution in [3.8, 4) is 22.8 Å². The molecular formula is C18H17N5O3. The Bertz CT molecular complexity index is 887. The zero-order valence-electron chi connectivity index (χ0n) is 13.9. The SMILES string of the molecule is O=C(O)C1CCN(c2ccc(-c3nc(-c4ccncc4)no3)cn2)CC1. The molecule has 1 aliphatic heterocycles. The number of rotatable bonds is 4. The van der Waals surface area contributed by atoms with E-state index < -0.39 is 5.97 Å². The predicted octanol–water partition coefficient (Wildman–Crippen LogP) is 2.49. The van der Waals surface area contributed by atoms with Gasteiger partial charge < -0.3 is 14.5 Å². The lowest BCUT2D eigenvalue weighted by Crippen LogP contribution is -2.36. The number of nitrogens with zero attached hydrogens (tertiary/aromatic N) is 5. The number of anilines is 1. The molecule has 0 bridgehead atoms. The molecule has 1 saturated heterocycles. The maximum absolute atomic E-state index is 11.0. The molecule has 26 heavy (non-hydrogen) atoms. The van der Waals surface area contributed by atoms with Crippen molar-refractivity contribution in [2.45, 2.75) is 12.8 Å². The van der Waals surface area contributed by atoms with Crippen LogP contribution >= 0.6 is 0 Å². The fraction of sp³-hybridized carbons (Fsp3) is 0.278. The summed E-state index contributed by atoms with van der Waals surface area (Å²) in [5.41, 5.74) is 1.57. The van der Waals surface area contributed by atoms with Gasteiger partial charge in [0.25, 0.3) is 5.89 Å². The van der Waals surface area contributed by atoms with Crippen molar-refractivity contribution in [1.29, 1.82) is 0 Å². The molecule has 0 saturated carbocycles. The fourth-order valence-electron chi connectivity index (χ4n) is 3.01. The van der Waals surface area contributed by atoms with E-state index in [1.54, 1.807) is 18.6 Å². The molecule has 3 aromatic heterocycles. The molecule has 8 nitrogen and oxygen atoms in total. The van der Waals surface area contributed by atoms with Crippen molar-refractivity contribution >= 4 is 11.8 Å². The Morgan fingerprint density at radius 3 is 2.54 bits per heavy atom. The first-order chi connectivity index (χ1) is 12.7. The van der Waals surface area contributed by atoms with Crippen LogP contribution < -0.4 is 4.90 Å². The van der Waals surface area contributed by atoms with Gasteiger partial charge in [-0.2, -0.15) is 4.98 Å². The summed E-state index contributed by atoms with van der Waals surface area (Å²) in [5.74, 6) is 0.763. The molecule has 1 fully saturated rings. The number of carbonyl (C=O) groups is 1. The number of pyridine rings is 2. The molecule has 0 spiro atoms. The largest absolute Gasteiger partial charge is 0.481 e. The minimum Gasteiger partial charge on any atom is -0.481 e. The predicted molar refractivity (Wildman–Crippen MR) is 93.3 cm³/mol. The second kappa shape index (κ2) is 6.91. The van der Waals surface area contributed by atoms with Gasteiger partial charge in [-0.05, 0) is 37.1 Å². The van der Waals surface area contributed by atoms with Crippen molar-refractivity contribution in [3.05, 3.63) is 42.9 Å². The van der Waals surface area contributed by atoms with Gasteiger partial charge in [0.05, 0.1) is 11.5 Å². The Morgan fingerprint density at radius 1 is 1.12 bits per heavy atom. The van der Waals surface area contributed by atoms with Gasteiger partial charge in [-0.25, -0.2) is 4.98 Å². The topological polar surface area (TPSA) is 105 Å². The van der Waals surface area contributed by atoms with Gasteiger partial charge in [0.1, 0.15) is 5.82 Å². The summed E-state index contributed by atoms with van der Waals surface area (Å²) in [5, 5.41) is 13.1. The maximum atomic E-state index is 11.0. The van der Waals surface area contributed by atoms with E-state index in [9.17, 15) is 4.79 Å². The number of hydrogen-bond acceptors (Lipinski definition) is 7. The average Bonchev–Trinajstić information content (AvgIpc) is 3.19. The standard InChI is InChI=1S/C18H17N5O3/c24-18(25)13-5-9-23(10-6-13)15-2-1-14(11-20-15)17-21-16(22-26-17)12-3-7-19-8-4-12/h1-4,7-8,11,13H,5-6,9-10H2,(H,24,25). The zero-order chi connectivity index (χ0) is 17.9. The lowest BCUT2D eigenvalue weighted by atomic mass is 9.97. The minimum absolute atomic E-state index is 0.254. The molecule has 1 N–H and O–H groups in total. The van der Waals surface area contributed by atoms with Crippen molar-refractivity contribution in [1.82, 2.24) is 20.1 Å². The van der Waals surface area contributed by atoms with Gasteiger partial charge in [0.2, 0.25) is 5.82 Å². The Labute approximate surface area is 149 Å². The van der Waals surface area contributed by atoms with Crippen LogP contribution in [0.4, 0.5) is 5.82 Å².